The summed E-state index contributed by atoms with van der Waals surface area (Å²) in [5.74, 6) is 0. The molecule has 1 atom stereocenters. The predicted molar refractivity (Wildman–Crippen MR) is 63.1 cm³/mol. The number of hydrogen-bond acceptors (Lipinski definition) is 1. The van der Waals surface area contributed by atoms with Gasteiger partial charge in [-0.3, -0.25) is 0 Å². The Kier molecular flexibility index (Phi) is 4.73. The van der Waals surface area contributed by atoms with Crippen molar-refractivity contribution in [1.82, 2.24) is 5.32 Å². The highest BCUT2D eigenvalue weighted by atomic mass is 14.9. The predicted octanol–water partition coefficient (Wildman–Crippen LogP) is 2.86. The summed E-state index contributed by atoms with van der Waals surface area (Å²) in [6.45, 7) is 6.64. The second-order valence-corrected chi connectivity index (χ2v) is 3.26. The first kappa shape index (κ1) is 10.7. The lowest BCUT2D eigenvalue weighted by molar-refractivity contribution is 0.688. The van der Waals surface area contributed by atoms with Gasteiger partial charge < -0.3 is 5.32 Å². The zero-order valence-corrected chi connectivity index (χ0v) is 8.61. The Morgan fingerprint density at radius 3 is 2.71 bits per heavy atom. The zero-order valence-electron chi connectivity index (χ0n) is 8.61. The van der Waals surface area contributed by atoms with E-state index in [1.165, 1.54) is 5.56 Å². The maximum atomic E-state index is 3.66. The van der Waals surface area contributed by atoms with Crippen LogP contribution in [0.1, 0.15) is 12.5 Å². The molecule has 0 radical (unpaired) electrons. The SMILES string of the molecule is C=CCNC(C)/C=C/c1ccccc1. The van der Waals surface area contributed by atoms with Crippen molar-refractivity contribution >= 4 is 6.08 Å². The summed E-state index contributed by atoms with van der Waals surface area (Å²) in [5, 5.41) is 3.30. The van der Waals surface area contributed by atoms with Crippen LogP contribution >= 0.6 is 0 Å². The van der Waals surface area contributed by atoms with Crippen LogP contribution in [0.5, 0.6) is 0 Å². The van der Waals surface area contributed by atoms with E-state index in [1.54, 1.807) is 0 Å². The molecule has 0 amide bonds. The van der Waals surface area contributed by atoms with Crippen LogP contribution in [0.2, 0.25) is 0 Å². The van der Waals surface area contributed by atoms with Crippen molar-refractivity contribution in [3.63, 3.8) is 0 Å². The Balaban J connectivity index is 2.43. The van der Waals surface area contributed by atoms with E-state index in [0.717, 1.165) is 6.54 Å². The normalized spacial score (nSPS) is 12.9. The molecular weight excluding hydrogens is 170 g/mol. The molecule has 1 aromatic carbocycles. The van der Waals surface area contributed by atoms with Crippen LogP contribution in [0.3, 0.4) is 0 Å². The van der Waals surface area contributed by atoms with Gasteiger partial charge >= 0.3 is 0 Å². The number of rotatable bonds is 5. The van der Waals surface area contributed by atoms with Gasteiger partial charge in [0.15, 0.2) is 0 Å². The standard InChI is InChI=1S/C13H17N/c1-3-11-14-12(2)9-10-13-7-5-4-6-8-13/h3-10,12,14H,1,11H2,2H3/b10-9+. The van der Waals surface area contributed by atoms with Crippen molar-refractivity contribution in [2.45, 2.75) is 13.0 Å². The molecule has 0 heterocycles. The molecule has 1 nitrogen and oxygen atoms in total. The first-order chi connectivity index (χ1) is 6.83. The minimum atomic E-state index is 0.383. The van der Waals surface area contributed by atoms with Crippen LogP contribution < -0.4 is 5.32 Å². The van der Waals surface area contributed by atoms with Crippen LogP contribution in [-0.2, 0) is 0 Å². The van der Waals surface area contributed by atoms with Gasteiger partial charge in [0.1, 0.15) is 0 Å². The first-order valence-corrected chi connectivity index (χ1v) is 4.90. The Labute approximate surface area is 86.2 Å². The van der Waals surface area contributed by atoms with Gasteiger partial charge in [0.05, 0.1) is 0 Å². The maximum Gasteiger partial charge on any atom is 0.0227 e. The Morgan fingerprint density at radius 2 is 2.07 bits per heavy atom. The minimum absolute atomic E-state index is 0.383. The molecule has 1 aromatic rings. The molecule has 0 bridgehead atoms. The highest BCUT2D eigenvalue weighted by molar-refractivity contribution is 5.49. The van der Waals surface area contributed by atoms with Crippen molar-refractivity contribution in [1.29, 1.82) is 0 Å². The third-order valence-electron chi connectivity index (χ3n) is 1.96. The summed E-state index contributed by atoms with van der Waals surface area (Å²) in [7, 11) is 0. The number of nitrogens with one attached hydrogen (secondary N) is 1. The summed E-state index contributed by atoms with van der Waals surface area (Å²) in [5.41, 5.74) is 1.24. The molecule has 1 heteroatoms. The van der Waals surface area contributed by atoms with E-state index in [2.05, 4.69) is 43.1 Å². The summed E-state index contributed by atoms with van der Waals surface area (Å²) < 4.78 is 0. The lowest BCUT2D eigenvalue weighted by Gasteiger charge is -2.05. The van der Waals surface area contributed by atoms with Gasteiger partial charge in [-0.2, -0.15) is 0 Å². The molecule has 0 aromatic heterocycles. The van der Waals surface area contributed by atoms with Crippen molar-refractivity contribution in [3.05, 3.63) is 54.6 Å². The van der Waals surface area contributed by atoms with Crippen LogP contribution in [0.25, 0.3) is 6.08 Å². The average molecular weight is 187 g/mol. The van der Waals surface area contributed by atoms with Gasteiger partial charge in [-0.1, -0.05) is 48.6 Å². The molecule has 1 rings (SSSR count). The van der Waals surface area contributed by atoms with E-state index in [-0.39, 0.29) is 0 Å². The van der Waals surface area contributed by atoms with Gasteiger partial charge in [0.25, 0.3) is 0 Å². The smallest absolute Gasteiger partial charge is 0.0227 e. The molecule has 0 spiro atoms. The fourth-order valence-corrected chi connectivity index (χ4v) is 1.16. The zero-order chi connectivity index (χ0) is 10.2. The van der Waals surface area contributed by atoms with Crippen molar-refractivity contribution in [2.24, 2.45) is 0 Å². The second-order valence-electron chi connectivity index (χ2n) is 3.26. The monoisotopic (exact) mass is 187 g/mol. The van der Waals surface area contributed by atoms with Gasteiger partial charge in [-0.25, -0.2) is 0 Å². The first-order valence-electron chi connectivity index (χ1n) is 4.90. The van der Waals surface area contributed by atoms with Crippen molar-refractivity contribution in [2.75, 3.05) is 6.54 Å². The largest absolute Gasteiger partial charge is 0.307 e. The van der Waals surface area contributed by atoms with Crippen molar-refractivity contribution in [3.8, 4) is 0 Å². The molecule has 0 aliphatic heterocycles. The third-order valence-corrected chi connectivity index (χ3v) is 1.96. The highest BCUT2D eigenvalue weighted by Gasteiger charge is 1.91. The molecule has 0 saturated heterocycles. The summed E-state index contributed by atoms with van der Waals surface area (Å²) in [6.07, 6.45) is 6.15. The molecule has 0 fully saturated rings. The van der Waals surface area contributed by atoms with E-state index in [0.29, 0.717) is 6.04 Å². The highest BCUT2D eigenvalue weighted by Crippen LogP contribution is 2.01. The number of hydrogen-bond donors (Lipinski definition) is 1. The van der Waals surface area contributed by atoms with Gasteiger partial charge in [0.2, 0.25) is 0 Å². The summed E-state index contributed by atoms with van der Waals surface area (Å²) >= 11 is 0. The van der Waals surface area contributed by atoms with Crippen LogP contribution in [-0.4, -0.2) is 12.6 Å². The van der Waals surface area contributed by atoms with E-state index in [4.69, 9.17) is 0 Å². The van der Waals surface area contributed by atoms with Crippen LogP contribution in [0, 0.1) is 0 Å². The topological polar surface area (TPSA) is 12.0 Å². The molecular formula is C13H17N. The Bertz CT molecular complexity index is 287. The molecule has 1 N–H and O–H groups in total. The Morgan fingerprint density at radius 1 is 1.36 bits per heavy atom. The van der Waals surface area contributed by atoms with Crippen LogP contribution in [0.15, 0.2) is 49.1 Å². The molecule has 14 heavy (non-hydrogen) atoms. The molecule has 74 valence electrons. The van der Waals surface area contributed by atoms with Gasteiger partial charge in [-0.15, -0.1) is 6.58 Å². The molecule has 0 saturated carbocycles. The van der Waals surface area contributed by atoms with Gasteiger partial charge in [-0.05, 0) is 12.5 Å². The molecule has 0 aliphatic rings. The fourth-order valence-electron chi connectivity index (χ4n) is 1.16. The maximum absolute atomic E-state index is 3.66. The fraction of sp³-hybridized carbons (Fsp3) is 0.231. The summed E-state index contributed by atoms with van der Waals surface area (Å²) in [4.78, 5) is 0. The minimum Gasteiger partial charge on any atom is -0.307 e. The second kappa shape index (κ2) is 6.17. The summed E-state index contributed by atoms with van der Waals surface area (Å²) in [6, 6.07) is 10.7. The quantitative estimate of drug-likeness (QED) is 0.699. The van der Waals surface area contributed by atoms with E-state index < -0.39 is 0 Å². The lowest BCUT2D eigenvalue weighted by atomic mass is 10.2. The molecule has 1 unspecified atom stereocenters. The van der Waals surface area contributed by atoms with Gasteiger partial charge in [0, 0.05) is 12.6 Å². The average Bonchev–Trinajstić information content (AvgIpc) is 2.25. The van der Waals surface area contributed by atoms with E-state index >= 15 is 0 Å². The van der Waals surface area contributed by atoms with E-state index in [9.17, 15) is 0 Å². The number of benzene rings is 1. The van der Waals surface area contributed by atoms with Crippen LogP contribution in [0.4, 0.5) is 0 Å². The third kappa shape index (κ3) is 4.06. The molecule has 0 aliphatic carbocycles. The van der Waals surface area contributed by atoms with E-state index in [1.807, 2.05) is 24.3 Å². The van der Waals surface area contributed by atoms with Crippen molar-refractivity contribution < 1.29 is 0 Å². The lowest BCUT2D eigenvalue weighted by Crippen LogP contribution is -2.23. The Hall–Kier alpha value is -1.34.